The molecule has 26 heavy (non-hydrogen) atoms. The minimum atomic E-state index is -0.133. The van der Waals surface area contributed by atoms with E-state index in [1.165, 1.54) is 51.4 Å². The summed E-state index contributed by atoms with van der Waals surface area (Å²) in [6, 6.07) is 1.55. The molecule has 1 aromatic carbocycles. The van der Waals surface area contributed by atoms with Crippen LogP contribution in [0.25, 0.3) is 0 Å². The Hall–Kier alpha value is -1.38. The van der Waals surface area contributed by atoms with Crippen molar-refractivity contribution in [1.29, 1.82) is 0 Å². The van der Waals surface area contributed by atoms with Crippen LogP contribution in [0.5, 0.6) is 17.2 Å². The van der Waals surface area contributed by atoms with Gasteiger partial charge in [0.15, 0.2) is 11.5 Å². The van der Waals surface area contributed by atoms with Crippen LogP contribution in [0.2, 0.25) is 0 Å². The second-order valence-electron chi connectivity index (χ2n) is 9.31. The molecule has 0 heterocycles. The number of unbranched alkanes of at least 4 members (excludes halogenated alkanes) is 2. The Balaban J connectivity index is 1.52. The minimum Gasteiger partial charge on any atom is -0.507 e. The van der Waals surface area contributed by atoms with Gasteiger partial charge in [0.1, 0.15) is 5.75 Å². The molecule has 0 radical (unpaired) electrons. The van der Waals surface area contributed by atoms with Crippen LogP contribution in [-0.4, -0.2) is 15.3 Å². The van der Waals surface area contributed by atoms with Crippen LogP contribution in [0.15, 0.2) is 6.07 Å². The topological polar surface area (TPSA) is 60.7 Å². The molecule has 3 nitrogen and oxygen atoms in total. The van der Waals surface area contributed by atoms with Crippen molar-refractivity contribution in [2.75, 3.05) is 0 Å². The zero-order chi connectivity index (χ0) is 18.8. The Labute approximate surface area is 158 Å². The van der Waals surface area contributed by atoms with Crippen molar-refractivity contribution in [3.8, 4) is 17.2 Å². The molecule has 2 aliphatic rings. The second kappa shape index (κ2) is 7.70. The highest BCUT2D eigenvalue weighted by molar-refractivity contribution is 5.56. The lowest BCUT2D eigenvalue weighted by molar-refractivity contribution is 0.383. The number of hydrogen-bond donors (Lipinski definition) is 3. The van der Waals surface area contributed by atoms with Gasteiger partial charge in [0.25, 0.3) is 0 Å². The molecule has 0 aromatic heterocycles. The average molecular weight is 361 g/mol. The van der Waals surface area contributed by atoms with E-state index in [2.05, 4.69) is 13.8 Å². The van der Waals surface area contributed by atoms with E-state index >= 15 is 0 Å². The van der Waals surface area contributed by atoms with Crippen LogP contribution in [0.3, 0.4) is 0 Å². The molecule has 3 N–H and O–H groups in total. The molecule has 0 bridgehead atoms. The normalized spacial score (nSPS) is 19.5. The number of rotatable bonds is 11. The molecular weight excluding hydrogens is 324 g/mol. The molecule has 0 spiro atoms. The fourth-order valence-electron chi connectivity index (χ4n) is 4.28. The molecule has 0 unspecified atom stereocenters. The molecular formula is C23H36O3. The summed E-state index contributed by atoms with van der Waals surface area (Å²) in [6.07, 6.45) is 14.8. The summed E-state index contributed by atoms with van der Waals surface area (Å²) in [5.41, 5.74) is 2.48. The minimum absolute atomic E-state index is 0.0887. The zero-order valence-corrected chi connectivity index (χ0v) is 16.6. The fraction of sp³-hybridized carbons (Fsp3) is 0.739. The lowest BCUT2D eigenvalue weighted by Crippen LogP contribution is -1.99. The van der Waals surface area contributed by atoms with Crippen LogP contribution in [0.4, 0.5) is 0 Å². The van der Waals surface area contributed by atoms with Gasteiger partial charge in [-0.15, -0.1) is 0 Å². The number of phenols is 3. The first kappa shape index (κ1) is 19.4. The molecule has 2 fully saturated rings. The van der Waals surface area contributed by atoms with Crippen molar-refractivity contribution < 1.29 is 15.3 Å². The molecule has 3 rings (SSSR count). The Morgan fingerprint density at radius 1 is 0.846 bits per heavy atom. The third-order valence-corrected chi connectivity index (χ3v) is 7.10. The van der Waals surface area contributed by atoms with Crippen molar-refractivity contribution in [2.45, 2.75) is 97.3 Å². The monoisotopic (exact) mass is 360 g/mol. The zero-order valence-electron chi connectivity index (χ0n) is 16.6. The summed E-state index contributed by atoms with van der Waals surface area (Å²) in [6.45, 7) is 4.62. The first-order chi connectivity index (χ1) is 12.4. The quantitative estimate of drug-likeness (QED) is 0.249. The molecule has 0 amide bonds. The summed E-state index contributed by atoms with van der Waals surface area (Å²) < 4.78 is 0. The Kier molecular flexibility index (Phi) is 5.74. The second-order valence-corrected chi connectivity index (χ2v) is 9.31. The molecule has 3 heteroatoms. The number of benzene rings is 1. The smallest absolute Gasteiger partial charge is 0.164 e. The Bertz CT molecular complexity index is 627. The van der Waals surface area contributed by atoms with Gasteiger partial charge in [-0.1, -0.05) is 33.1 Å². The molecule has 0 aliphatic heterocycles. The summed E-state index contributed by atoms with van der Waals surface area (Å²) >= 11 is 0. The third-order valence-electron chi connectivity index (χ3n) is 7.10. The molecule has 0 saturated heterocycles. The van der Waals surface area contributed by atoms with Crippen LogP contribution in [0.1, 0.15) is 95.6 Å². The van der Waals surface area contributed by atoms with Gasteiger partial charge in [-0.05, 0) is 86.7 Å². The van der Waals surface area contributed by atoms with Gasteiger partial charge < -0.3 is 15.3 Å². The van der Waals surface area contributed by atoms with Gasteiger partial charge in [0.2, 0.25) is 0 Å². The van der Waals surface area contributed by atoms with Gasteiger partial charge in [-0.3, -0.25) is 0 Å². The first-order valence-electron chi connectivity index (χ1n) is 10.6. The summed E-state index contributed by atoms with van der Waals surface area (Å²) in [7, 11) is 0. The highest BCUT2D eigenvalue weighted by Gasteiger charge is 2.39. The van der Waals surface area contributed by atoms with Crippen molar-refractivity contribution in [1.82, 2.24) is 0 Å². The third kappa shape index (κ3) is 4.66. The Morgan fingerprint density at radius 2 is 1.50 bits per heavy atom. The van der Waals surface area contributed by atoms with Crippen LogP contribution in [-0.2, 0) is 12.8 Å². The highest BCUT2D eigenvalue weighted by atomic mass is 16.3. The Morgan fingerprint density at radius 3 is 2.12 bits per heavy atom. The maximum absolute atomic E-state index is 10.6. The van der Waals surface area contributed by atoms with Crippen molar-refractivity contribution in [3.05, 3.63) is 17.2 Å². The molecule has 2 saturated carbocycles. The van der Waals surface area contributed by atoms with Crippen molar-refractivity contribution >= 4 is 0 Å². The molecule has 1 aromatic rings. The molecule has 2 aliphatic carbocycles. The lowest BCUT2D eigenvalue weighted by Gasteiger charge is -2.15. The van der Waals surface area contributed by atoms with E-state index in [4.69, 9.17) is 0 Å². The van der Waals surface area contributed by atoms with E-state index in [1.807, 2.05) is 0 Å². The summed E-state index contributed by atoms with van der Waals surface area (Å²) in [5, 5.41) is 30.9. The lowest BCUT2D eigenvalue weighted by atomic mass is 9.93. The summed E-state index contributed by atoms with van der Waals surface area (Å²) in [5.74, 6) is -0.0180. The number of aryl methyl sites for hydroxylation is 1. The maximum atomic E-state index is 10.6. The van der Waals surface area contributed by atoms with Crippen LogP contribution >= 0.6 is 0 Å². The first-order valence-corrected chi connectivity index (χ1v) is 10.6. The van der Waals surface area contributed by atoms with E-state index in [0.717, 1.165) is 31.2 Å². The van der Waals surface area contributed by atoms with Crippen molar-refractivity contribution in [2.24, 2.45) is 10.8 Å². The predicted octanol–water partition coefficient (Wildman–Crippen LogP) is 6.22. The van der Waals surface area contributed by atoms with E-state index in [9.17, 15) is 15.3 Å². The molecule has 146 valence electrons. The van der Waals surface area contributed by atoms with Crippen LogP contribution in [0, 0.1) is 10.8 Å². The highest BCUT2D eigenvalue weighted by Crippen LogP contribution is 2.52. The number of aromatic hydroxyl groups is 3. The SMILES string of the molecule is CCC1(CCCCc2cc(O)c(O)c(CCCCC3(C)CC3)c2O)CC1. The summed E-state index contributed by atoms with van der Waals surface area (Å²) in [4.78, 5) is 0. The largest absolute Gasteiger partial charge is 0.507 e. The molecule has 0 atom stereocenters. The average Bonchev–Trinajstić information content (AvgIpc) is 3.54. The number of hydrogen-bond acceptors (Lipinski definition) is 3. The van der Waals surface area contributed by atoms with Gasteiger partial charge in [0, 0.05) is 5.56 Å². The standard InChI is InChI=1S/C23H36O3/c1-3-23(14-15-23)11-7-4-8-17-16-19(24)21(26)18(20(17)25)9-5-6-10-22(2)12-13-22/h16,24-26H,3-15H2,1-2H3. The van der Waals surface area contributed by atoms with E-state index < -0.39 is 0 Å². The van der Waals surface area contributed by atoms with Gasteiger partial charge in [-0.25, -0.2) is 0 Å². The van der Waals surface area contributed by atoms with Gasteiger partial charge >= 0.3 is 0 Å². The maximum Gasteiger partial charge on any atom is 0.164 e. The van der Waals surface area contributed by atoms with Gasteiger partial charge in [0.05, 0.1) is 0 Å². The van der Waals surface area contributed by atoms with E-state index in [0.29, 0.717) is 22.8 Å². The fourth-order valence-corrected chi connectivity index (χ4v) is 4.28. The number of phenolic OH excluding ortho intramolecular Hbond substituents is 3. The van der Waals surface area contributed by atoms with E-state index in [-0.39, 0.29) is 17.2 Å². The van der Waals surface area contributed by atoms with Gasteiger partial charge in [-0.2, -0.15) is 0 Å². The van der Waals surface area contributed by atoms with Crippen molar-refractivity contribution in [3.63, 3.8) is 0 Å². The van der Waals surface area contributed by atoms with E-state index in [1.54, 1.807) is 6.07 Å². The predicted molar refractivity (Wildman–Crippen MR) is 106 cm³/mol. The van der Waals surface area contributed by atoms with Crippen LogP contribution < -0.4 is 0 Å².